The van der Waals surface area contributed by atoms with Gasteiger partial charge in [-0.05, 0) is 32.0 Å². The van der Waals surface area contributed by atoms with Crippen LogP contribution in [0.5, 0.6) is 0 Å². The highest BCUT2D eigenvalue weighted by atomic mass is 16.5. The molecule has 0 saturated carbocycles. The van der Waals surface area contributed by atoms with Gasteiger partial charge in [0.05, 0.1) is 6.04 Å². The molecule has 3 heterocycles. The summed E-state index contributed by atoms with van der Waals surface area (Å²) in [5, 5.41) is 3.94. The first-order valence-electron chi connectivity index (χ1n) is 7.23. The van der Waals surface area contributed by atoms with E-state index in [0.29, 0.717) is 17.3 Å². The van der Waals surface area contributed by atoms with E-state index in [1.807, 2.05) is 0 Å². The highest BCUT2D eigenvalue weighted by molar-refractivity contribution is 5.51. The van der Waals surface area contributed by atoms with Gasteiger partial charge >= 0.3 is 0 Å². The zero-order valence-corrected chi connectivity index (χ0v) is 11.8. The highest BCUT2D eigenvalue weighted by Gasteiger charge is 2.19. The molecule has 1 aliphatic heterocycles. The van der Waals surface area contributed by atoms with Crippen molar-refractivity contribution in [2.24, 2.45) is 5.73 Å². The molecule has 2 aromatic rings. The minimum absolute atomic E-state index is 0.204. The molecule has 2 aromatic heterocycles. The summed E-state index contributed by atoms with van der Waals surface area (Å²) in [5.74, 6) is 0.807. The summed E-state index contributed by atoms with van der Waals surface area (Å²) in [6, 6.07) is 2.87. The van der Waals surface area contributed by atoms with Crippen LogP contribution < -0.4 is 11.3 Å². The second-order valence-electron chi connectivity index (χ2n) is 5.37. The maximum atomic E-state index is 11.3. The van der Waals surface area contributed by atoms with Gasteiger partial charge in [0, 0.05) is 24.4 Å². The first-order valence-corrected chi connectivity index (χ1v) is 7.23. The lowest BCUT2D eigenvalue weighted by Gasteiger charge is -2.27. The number of nitrogens with two attached hydrogens (primary N) is 1. The molecule has 3 N–H and O–H groups in total. The number of nitrogens with one attached hydrogen (secondary N) is 1. The van der Waals surface area contributed by atoms with E-state index in [4.69, 9.17) is 10.3 Å². The lowest BCUT2D eigenvalue weighted by molar-refractivity contribution is 0.213. The van der Waals surface area contributed by atoms with Crippen LogP contribution in [0.4, 0.5) is 0 Å². The molecule has 1 unspecified atom stereocenters. The fourth-order valence-electron chi connectivity index (χ4n) is 2.58. The number of nitrogens with zero attached hydrogens (tertiary/aromatic N) is 3. The van der Waals surface area contributed by atoms with Gasteiger partial charge in [0.25, 0.3) is 5.89 Å². The first-order chi connectivity index (χ1) is 10.2. The number of aromatic nitrogens is 3. The number of H-pyrrole nitrogens is 1. The quantitative estimate of drug-likeness (QED) is 0.867. The Morgan fingerprint density at radius 3 is 2.95 bits per heavy atom. The van der Waals surface area contributed by atoms with E-state index >= 15 is 0 Å². The van der Waals surface area contributed by atoms with Crippen LogP contribution in [0.3, 0.4) is 0 Å². The molecule has 112 valence electrons. The third kappa shape index (κ3) is 3.37. The summed E-state index contributed by atoms with van der Waals surface area (Å²) in [6.07, 6.45) is 5.28. The predicted molar refractivity (Wildman–Crippen MR) is 77.6 cm³/mol. The minimum atomic E-state index is -0.275. The smallest absolute Gasteiger partial charge is 0.258 e. The van der Waals surface area contributed by atoms with Crippen molar-refractivity contribution < 1.29 is 4.52 Å². The molecule has 1 atom stereocenters. The van der Waals surface area contributed by atoms with Crippen molar-refractivity contribution in [3.8, 4) is 11.5 Å². The SMILES string of the molecule is NC(CN1CCCCC1)c1noc(-c2cc[nH]c(=O)c2)n1. The zero-order chi connectivity index (χ0) is 14.7. The van der Waals surface area contributed by atoms with E-state index in [1.54, 1.807) is 12.3 Å². The number of likely N-dealkylation sites (tertiary alicyclic amines) is 1. The van der Waals surface area contributed by atoms with Gasteiger partial charge in [-0.3, -0.25) is 4.79 Å². The standard InChI is InChI=1S/C14H19N5O2/c15-11(9-19-6-2-1-3-7-19)13-17-14(21-18-13)10-4-5-16-12(20)8-10/h4-5,8,11H,1-3,6-7,9,15H2,(H,16,20). The number of hydrogen-bond donors (Lipinski definition) is 2. The topological polar surface area (TPSA) is 101 Å². The summed E-state index contributed by atoms with van der Waals surface area (Å²) in [4.78, 5) is 20.5. The van der Waals surface area contributed by atoms with E-state index in [1.165, 1.54) is 25.3 Å². The Morgan fingerprint density at radius 2 is 2.19 bits per heavy atom. The lowest BCUT2D eigenvalue weighted by Crippen LogP contribution is -2.36. The Morgan fingerprint density at radius 1 is 1.38 bits per heavy atom. The Balaban J connectivity index is 1.70. The van der Waals surface area contributed by atoms with Crippen LogP contribution in [0.1, 0.15) is 31.1 Å². The number of hydrogen-bond acceptors (Lipinski definition) is 6. The molecule has 7 heteroatoms. The van der Waals surface area contributed by atoms with Gasteiger partial charge in [-0.1, -0.05) is 11.6 Å². The van der Waals surface area contributed by atoms with E-state index in [-0.39, 0.29) is 11.6 Å². The summed E-state index contributed by atoms with van der Waals surface area (Å²) in [5.41, 5.74) is 6.55. The molecule has 0 amide bonds. The fraction of sp³-hybridized carbons (Fsp3) is 0.500. The van der Waals surface area contributed by atoms with Crippen LogP contribution in [-0.4, -0.2) is 39.7 Å². The summed E-state index contributed by atoms with van der Waals surface area (Å²) in [7, 11) is 0. The summed E-state index contributed by atoms with van der Waals surface area (Å²) >= 11 is 0. The van der Waals surface area contributed by atoms with E-state index in [2.05, 4.69) is 20.0 Å². The molecule has 3 rings (SSSR count). The molecule has 7 nitrogen and oxygen atoms in total. The molecule has 21 heavy (non-hydrogen) atoms. The summed E-state index contributed by atoms with van der Waals surface area (Å²) in [6.45, 7) is 2.88. The van der Waals surface area contributed by atoms with Gasteiger partial charge in [-0.15, -0.1) is 0 Å². The minimum Gasteiger partial charge on any atom is -0.334 e. The van der Waals surface area contributed by atoms with Gasteiger partial charge in [0.2, 0.25) is 5.56 Å². The van der Waals surface area contributed by atoms with Gasteiger partial charge in [0.1, 0.15) is 0 Å². The third-order valence-electron chi connectivity index (χ3n) is 3.70. The maximum absolute atomic E-state index is 11.3. The van der Waals surface area contributed by atoms with Gasteiger partial charge in [-0.25, -0.2) is 0 Å². The van der Waals surface area contributed by atoms with Crippen molar-refractivity contribution >= 4 is 0 Å². The zero-order valence-electron chi connectivity index (χ0n) is 11.8. The van der Waals surface area contributed by atoms with Crippen LogP contribution in [0.25, 0.3) is 11.5 Å². The van der Waals surface area contributed by atoms with Gasteiger partial charge in [-0.2, -0.15) is 4.98 Å². The molecule has 0 spiro atoms. The monoisotopic (exact) mass is 289 g/mol. The van der Waals surface area contributed by atoms with Crippen molar-refractivity contribution in [3.05, 3.63) is 34.5 Å². The van der Waals surface area contributed by atoms with Gasteiger partial charge < -0.3 is 20.1 Å². The van der Waals surface area contributed by atoms with Crippen LogP contribution in [-0.2, 0) is 0 Å². The molecule has 0 aromatic carbocycles. The van der Waals surface area contributed by atoms with Crippen molar-refractivity contribution in [2.45, 2.75) is 25.3 Å². The Bertz CT molecular complexity index is 645. The average molecular weight is 289 g/mol. The normalized spacial score (nSPS) is 17.8. The Kier molecular flexibility index (Phi) is 4.12. The van der Waals surface area contributed by atoms with Crippen LogP contribution >= 0.6 is 0 Å². The predicted octanol–water partition coefficient (Wildman–Crippen LogP) is 0.911. The second kappa shape index (κ2) is 6.19. The van der Waals surface area contributed by atoms with Crippen LogP contribution in [0, 0.1) is 0 Å². The highest BCUT2D eigenvalue weighted by Crippen LogP contribution is 2.18. The van der Waals surface area contributed by atoms with E-state index < -0.39 is 0 Å². The second-order valence-corrected chi connectivity index (χ2v) is 5.37. The van der Waals surface area contributed by atoms with E-state index in [9.17, 15) is 4.79 Å². The number of aromatic amines is 1. The fourth-order valence-corrected chi connectivity index (χ4v) is 2.58. The molecule has 0 aliphatic carbocycles. The molecular weight excluding hydrogens is 270 g/mol. The van der Waals surface area contributed by atoms with Crippen molar-refractivity contribution in [1.82, 2.24) is 20.0 Å². The molecule has 1 fully saturated rings. The van der Waals surface area contributed by atoms with E-state index in [0.717, 1.165) is 19.6 Å². The molecule has 0 bridgehead atoms. The maximum Gasteiger partial charge on any atom is 0.258 e. The van der Waals surface area contributed by atoms with Crippen molar-refractivity contribution in [1.29, 1.82) is 0 Å². The van der Waals surface area contributed by atoms with Crippen molar-refractivity contribution in [3.63, 3.8) is 0 Å². The lowest BCUT2D eigenvalue weighted by atomic mass is 10.1. The molecule has 0 radical (unpaired) electrons. The average Bonchev–Trinajstić information content (AvgIpc) is 2.98. The Labute approximate surface area is 122 Å². The van der Waals surface area contributed by atoms with Crippen LogP contribution in [0.15, 0.2) is 27.6 Å². The first kappa shape index (κ1) is 14.0. The number of pyridine rings is 1. The molecule has 1 saturated heterocycles. The van der Waals surface area contributed by atoms with Gasteiger partial charge in [0.15, 0.2) is 5.82 Å². The van der Waals surface area contributed by atoms with Crippen molar-refractivity contribution in [2.75, 3.05) is 19.6 Å². The Hall–Kier alpha value is -1.99. The number of piperidine rings is 1. The molecule has 1 aliphatic rings. The van der Waals surface area contributed by atoms with Crippen LogP contribution in [0.2, 0.25) is 0 Å². The largest absolute Gasteiger partial charge is 0.334 e. The number of rotatable bonds is 4. The molecular formula is C14H19N5O2. The summed E-state index contributed by atoms with van der Waals surface area (Å²) < 4.78 is 5.20. The third-order valence-corrected chi connectivity index (χ3v) is 3.70.